The first kappa shape index (κ1) is 18.9. The average Bonchev–Trinajstić information content (AvgIpc) is 3.16. The number of β-amino-alcohol motifs (C(OH)–C–C–N with tert-alkyl or cyclic N) is 1. The van der Waals surface area contributed by atoms with E-state index in [0.29, 0.717) is 13.0 Å². The maximum atomic E-state index is 12.2. The van der Waals surface area contributed by atoms with Gasteiger partial charge in [-0.3, -0.25) is 4.79 Å². The summed E-state index contributed by atoms with van der Waals surface area (Å²) in [6.07, 6.45) is 0.0466. The number of nitrogens with one attached hydrogen (secondary N) is 2. The lowest BCUT2D eigenvalue weighted by atomic mass is 10.0. The van der Waals surface area contributed by atoms with Crippen LogP contribution in [0, 0.1) is 6.92 Å². The summed E-state index contributed by atoms with van der Waals surface area (Å²) in [6, 6.07) is 7.84. The fraction of sp³-hybridized carbons (Fsp3) is 0.412. The van der Waals surface area contributed by atoms with E-state index in [0.717, 1.165) is 16.8 Å². The Labute approximate surface area is 151 Å². The van der Waals surface area contributed by atoms with Gasteiger partial charge in [-0.15, -0.1) is 23.7 Å². The van der Waals surface area contributed by atoms with Gasteiger partial charge in [-0.2, -0.15) is 0 Å². The van der Waals surface area contributed by atoms with Crippen LogP contribution in [0.2, 0.25) is 0 Å². The maximum Gasteiger partial charge on any atom is 0.237 e. The zero-order valence-corrected chi connectivity index (χ0v) is 15.3. The molecule has 2 aromatic rings. The van der Waals surface area contributed by atoms with Crippen molar-refractivity contribution in [2.45, 2.75) is 38.5 Å². The van der Waals surface area contributed by atoms with Gasteiger partial charge in [0, 0.05) is 6.54 Å². The number of nitrogens with zero attached hydrogens (tertiary/aromatic N) is 1. The molecule has 5 nitrogen and oxygen atoms in total. The van der Waals surface area contributed by atoms with Crippen molar-refractivity contribution in [2.75, 3.05) is 6.54 Å². The number of rotatable bonds is 4. The summed E-state index contributed by atoms with van der Waals surface area (Å²) in [5.74, 6) is -0.0589. The highest BCUT2D eigenvalue weighted by atomic mass is 35.5. The Morgan fingerprint density at radius 1 is 1.42 bits per heavy atom. The Morgan fingerprint density at radius 2 is 2.12 bits per heavy atom. The molecule has 1 amide bonds. The van der Waals surface area contributed by atoms with E-state index >= 15 is 0 Å². The molecule has 1 aromatic heterocycles. The van der Waals surface area contributed by atoms with Gasteiger partial charge in [0.1, 0.15) is 0 Å². The third kappa shape index (κ3) is 4.13. The van der Waals surface area contributed by atoms with E-state index in [1.807, 2.05) is 31.5 Å². The lowest BCUT2D eigenvalue weighted by Gasteiger charge is -2.18. The maximum absolute atomic E-state index is 12.2. The summed E-state index contributed by atoms with van der Waals surface area (Å²) in [7, 11) is 0. The van der Waals surface area contributed by atoms with E-state index in [2.05, 4.69) is 27.8 Å². The molecule has 3 rings (SSSR count). The van der Waals surface area contributed by atoms with Gasteiger partial charge >= 0.3 is 0 Å². The van der Waals surface area contributed by atoms with Crippen LogP contribution < -0.4 is 10.6 Å². The third-order valence-corrected chi connectivity index (χ3v) is 5.18. The molecule has 0 spiro atoms. The van der Waals surface area contributed by atoms with Crippen LogP contribution in [0.25, 0.3) is 10.4 Å². The van der Waals surface area contributed by atoms with Crippen molar-refractivity contribution in [2.24, 2.45) is 0 Å². The number of carbonyl (C=O) groups excluding carboxylic acids is 1. The van der Waals surface area contributed by atoms with Gasteiger partial charge in [0.05, 0.1) is 34.3 Å². The summed E-state index contributed by atoms with van der Waals surface area (Å²) in [6.45, 7) is 4.46. The summed E-state index contributed by atoms with van der Waals surface area (Å²) >= 11 is 1.63. The van der Waals surface area contributed by atoms with Gasteiger partial charge in [0.2, 0.25) is 5.91 Å². The first-order valence-corrected chi connectivity index (χ1v) is 8.65. The zero-order chi connectivity index (χ0) is 16.4. The number of aryl methyl sites for hydroxylation is 1. The normalized spacial score (nSPS) is 21.1. The monoisotopic (exact) mass is 367 g/mol. The smallest absolute Gasteiger partial charge is 0.237 e. The number of aromatic nitrogens is 1. The predicted molar refractivity (Wildman–Crippen MR) is 98.5 cm³/mol. The molecule has 0 saturated carbocycles. The standard InChI is InChI=1S/C17H21N3O2S.ClH/c1-10(20-17(22)15-7-14(21)8-18-15)12-3-5-13(6-4-12)16-11(2)19-9-23-16;/h3-6,9-10,14-15,18,21H,7-8H2,1-2H3,(H,20,22);1H/t10?,14?,15-;/m1./s1. The van der Waals surface area contributed by atoms with Gasteiger partial charge in [0.25, 0.3) is 0 Å². The molecule has 3 atom stereocenters. The van der Waals surface area contributed by atoms with Crippen molar-refractivity contribution in [3.05, 3.63) is 41.0 Å². The average molecular weight is 368 g/mol. The Balaban J connectivity index is 0.00000208. The summed E-state index contributed by atoms with van der Waals surface area (Å²) in [5.41, 5.74) is 5.09. The molecule has 0 bridgehead atoms. The van der Waals surface area contributed by atoms with Crippen molar-refractivity contribution >= 4 is 29.7 Å². The Bertz CT molecular complexity index is 689. The Hall–Kier alpha value is -1.47. The van der Waals surface area contributed by atoms with E-state index in [1.54, 1.807) is 11.3 Å². The fourth-order valence-corrected chi connectivity index (χ4v) is 3.63. The van der Waals surface area contributed by atoms with Crippen molar-refractivity contribution < 1.29 is 9.90 Å². The van der Waals surface area contributed by atoms with Crippen LogP contribution >= 0.6 is 23.7 Å². The number of hydrogen-bond donors (Lipinski definition) is 3. The van der Waals surface area contributed by atoms with Gasteiger partial charge in [-0.1, -0.05) is 24.3 Å². The number of aliphatic hydroxyl groups excluding tert-OH is 1. The molecule has 1 fully saturated rings. The number of benzene rings is 1. The Morgan fingerprint density at radius 3 is 2.67 bits per heavy atom. The number of amides is 1. The van der Waals surface area contributed by atoms with Gasteiger partial charge in [-0.25, -0.2) is 4.98 Å². The van der Waals surface area contributed by atoms with Crippen LogP contribution in [-0.4, -0.2) is 34.7 Å². The van der Waals surface area contributed by atoms with Crippen LogP contribution in [0.3, 0.4) is 0 Å². The number of aliphatic hydroxyl groups is 1. The van der Waals surface area contributed by atoms with Crippen molar-refractivity contribution in [1.29, 1.82) is 0 Å². The second-order valence-electron chi connectivity index (χ2n) is 5.97. The number of carbonyl (C=O) groups is 1. The molecule has 3 N–H and O–H groups in total. The molecule has 24 heavy (non-hydrogen) atoms. The van der Waals surface area contributed by atoms with Crippen molar-refractivity contribution in [1.82, 2.24) is 15.6 Å². The molecule has 1 aromatic carbocycles. The lowest BCUT2D eigenvalue weighted by Crippen LogP contribution is -2.41. The Kier molecular flexibility index (Phi) is 6.34. The molecule has 1 aliphatic rings. The van der Waals surface area contributed by atoms with Crippen LogP contribution in [-0.2, 0) is 4.79 Å². The largest absolute Gasteiger partial charge is 0.392 e. The summed E-state index contributed by atoms with van der Waals surface area (Å²) in [5, 5.41) is 15.5. The fourth-order valence-electron chi connectivity index (χ4n) is 2.82. The van der Waals surface area contributed by atoms with Gasteiger partial charge in [-0.05, 0) is 31.4 Å². The predicted octanol–water partition coefficient (Wildman–Crippen LogP) is 2.44. The highest BCUT2D eigenvalue weighted by Crippen LogP contribution is 2.28. The molecule has 1 saturated heterocycles. The van der Waals surface area contributed by atoms with Gasteiger partial charge < -0.3 is 15.7 Å². The first-order valence-electron chi connectivity index (χ1n) is 7.77. The summed E-state index contributed by atoms with van der Waals surface area (Å²) < 4.78 is 0. The molecule has 130 valence electrons. The SMILES string of the molecule is Cc1ncsc1-c1ccc(C(C)NC(=O)[C@H]2CC(O)CN2)cc1.Cl. The topological polar surface area (TPSA) is 74.2 Å². The van der Waals surface area contributed by atoms with Crippen molar-refractivity contribution in [3.8, 4) is 10.4 Å². The number of hydrogen-bond acceptors (Lipinski definition) is 5. The summed E-state index contributed by atoms with van der Waals surface area (Å²) in [4.78, 5) is 17.6. The van der Waals surface area contributed by atoms with E-state index in [-0.39, 0.29) is 30.4 Å². The van der Waals surface area contributed by atoms with E-state index in [1.165, 1.54) is 4.88 Å². The number of thiazole rings is 1. The molecule has 1 aliphatic heterocycles. The van der Waals surface area contributed by atoms with Crippen LogP contribution in [0.1, 0.15) is 30.6 Å². The van der Waals surface area contributed by atoms with E-state index in [4.69, 9.17) is 0 Å². The molecule has 2 unspecified atom stereocenters. The van der Waals surface area contributed by atoms with E-state index in [9.17, 15) is 9.90 Å². The van der Waals surface area contributed by atoms with Crippen LogP contribution in [0.5, 0.6) is 0 Å². The highest BCUT2D eigenvalue weighted by Gasteiger charge is 2.28. The molecule has 7 heteroatoms. The van der Waals surface area contributed by atoms with Crippen LogP contribution in [0.4, 0.5) is 0 Å². The lowest BCUT2D eigenvalue weighted by molar-refractivity contribution is -0.123. The highest BCUT2D eigenvalue weighted by molar-refractivity contribution is 7.13. The van der Waals surface area contributed by atoms with E-state index < -0.39 is 6.10 Å². The number of halogens is 1. The quantitative estimate of drug-likeness (QED) is 0.776. The molecule has 2 heterocycles. The minimum absolute atomic E-state index is 0. The first-order chi connectivity index (χ1) is 11.0. The molecule has 0 aliphatic carbocycles. The molecular formula is C17H22ClN3O2S. The van der Waals surface area contributed by atoms with Gasteiger partial charge in [0.15, 0.2) is 0 Å². The zero-order valence-electron chi connectivity index (χ0n) is 13.7. The molecular weight excluding hydrogens is 346 g/mol. The second-order valence-corrected chi connectivity index (χ2v) is 6.82. The van der Waals surface area contributed by atoms with Crippen molar-refractivity contribution in [3.63, 3.8) is 0 Å². The minimum atomic E-state index is -0.428. The third-order valence-electron chi connectivity index (χ3n) is 4.20. The van der Waals surface area contributed by atoms with Crippen LogP contribution in [0.15, 0.2) is 29.8 Å². The molecule has 0 radical (unpaired) electrons. The second kappa shape index (κ2) is 8.07. The minimum Gasteiger partial charge on any atom is -0.392 e.